The number of aromatic nitrogens is 3. The van der Waals surface area contributed by atoms with Gasteiger partial charge in [0.25, 0.3) is 0 Å². The molecular weight excluding hydrogens is 484 g/mol. The first-order valence-electron chi connectivity index (χ1n) is 10.7. The molecule has 4 aromatic rings. The molecule has 0 spiro atoms. The summed E-state index contributed by atoms with van der Waals surface area (Å²) in [6.45, 7) is 12.4. The number of allylic oxidation sites excluding steroid dienone is 2. The van der Waals surface area contributed by atoms with Crippen molar-refractivity contribution in [1.82, 2.24) is 15.0 Å². The minimum Gasteiger partial charge on any atom is -0.487 e. The monoisotopic (exact) mass is 508 g/mol. The second-order valence-corrected chi connectivity index (χ2v) is 10.3. The van der Waals surface area contributed by atoms with Gasteiger partial charge in [0.1, 0.15) is 17.9 Å². The van der Waals surface area contributed by atoms with Crippen LogP contribution in [-0.2, 0) is 6.61 Å². The predicted molar refractivity (Wildman–Crippen MR) is 143 cm³/mol. The molecule has 0 atom stereocenters. The van der Waals surface area contributed by atoms with E-state index in [-0.39, 0.29) is 6.61 Å². The topological polar surface area (TPSA) is 51.1 Å². The Morgan fingerprint density at radius 2 is 2.06 bits per heavy atom. The Morgan fingerprint density at radius 1 is 1.24 bits per heavy atom. The lowest BCUT2D eigenvalue weighted by atomic mass is 10.1. The number of nitrogens with zero attached hydrogens (tertiary/aromatic N) is 4. The summed E-state index contributed by atoms with van der Waals surface area (Å²) in [6.07, 6.45) is 7.44. The van der Waals surface area contributed by atoms with Gasteiger partial charge in [0, 0.05) is 56.9 Å². The van der Waals surface area contributed by atoms with Crippen LogP contribution in [-0.4, -0.2) is 15.0 Å². The molecule has 0 N–H and O–H groups in total. The minimum atomic E-state index is 0.289. The van der Waals surface area contributed by atoms with Crippen LogP contribution < -0.4 is 9.64 Å². The van der Waals surface area contributed by atoms with Crippen molar-refractivity contribution in [3.63, 3.8) is 0 Å². The van der Waals surface area contributed by atoms with Gasteiger partial charge in [0.05, 0.1) is 10.7 Å². The molecule has 1 aromatic carbocycles. The van der Waals surface area contributed by atoms with Gasteiger partial charge in [-0.1, -0.05) is 48.2 Å². The normalized spacial score (nSPS) is 11.3. The lowest BCUT2D eigenvalue weighted by molar-refractivity contribution is 0.306. The lowest BCUT2D eigenvalue weighted by Gasteiger charge is -2.23. The average Bonchev–Trinajstić information content (AvgIpc) is 3.21. The largest absolute Gasteiger partial charge is 0.487 e. The van der Waals surface area contributed by atoms with Gasteiger partial charge in [-0.25, -0.2) is 9.97 Å². The molecule has 5 nitrogen and oxygen atoms in total. The SMILES string of the molecule is C=C(C)N(/C=C\C)c1cc(C)nc2c(OCc3c(Cl)cncc3Sc3nc(C)cs3)cccc12. The molecule has 0 fully saturated rings. The van der Waals surface area contributed by atoms with E-state index in [1.165, 1.54) is 0 Å². The lowest BCUT2D eigenvalue weighted by Crippen LogP contribution is -2.13. The van der Waals surface area contributed by atoms with Crippen LogP contribution in [0, 0.1) is 13.8 Å². The number of halogens is 1. The first kappa shape index (κ1) is 24.3. The van der Waals surface area contributed by atoms with Crippen molar-refractivity contribution >= 4 is 51.3 Å². The van der Waals surface area contributed by atoms with Gasteiger partial charge in [-0.3, -0.25) is 4.98 Å². The van der Waals surface area contributed by atoms with Gasteiger partial charge in [-0.2, -0.15) is 0 Å². The summed E-state index contributed by atoms with van der Waals surface area (Å²) in [5.74, 6) is 0.693. The zero-order valence-electron chi connectivity index (χ0n) is 19.5. The van der Waals surface area contributed by atoms with E-state index in [1.807, 2.05) is 57.5 Å². The van der Waals surface area contributed by atoms with Crippen LogP contribution in [0.4, 0.5) is 5.69 Å². The van der Waals surface area contributed by atoms with Crippen LogP contribution in [0.25, 0.3) is 10.9 Å². The molecular formula is C26H25ClN4OS2. The average molecular weight is 509 g/mol. The summed E-state index contributed by atoms with van der Waals surface area (Å²) in [5.41, 5.74) is 5.48. The molecule has 4 rings (SSSR count). The van der Waals surface area contributed by atoms with Crippen LogP contribution in [0.5, 0.6) is 5.75 Å². The van der Waals surface area contributed by atoms with Gasteiger partial charge >= 0.3 is 0 Å². The Morgan fingerprint density at radius 3 is 2.76 bits per heavy atom. The number of ether oxygens (including phenoxy) is 1. The summed E-state index contributed by atoms with van der Waals surface area (Å²) in [4.78, 5) is 16.6. The number of anilines is 1. The molecule has 8 heteroatoms. The molecule has 0 saturated carbocycles. The Labute approximate surface area is 213 Å². The highest BCUT2D eigenvalue weighted by atomic mass is 35.5. The van der Waals surface area contributed by atoms with Crippen molar-refractivity contribution in [2.45, 2.75) is 43.5 Å². The van der Waals surface area contributed by atoms with E-state index in [2.05, 4.69) is 33.6 Å². The van der Waals surface area contributed by atoms with Crippen LogP contribution in [0.2, 0.25) is 5.02 Å². The summed E-state index contributed by atoms with van der Waals surface area (Å²) in [7, 11) is 0. The van der Waals surface area contributed by atoms with E-state index < -0.39 is 0 Å². The van der Waals surface area contributed by atoms with Gasteiger partial charge in [0.15, 0.2) is 4.34 Å². The Hall–Kier alpha value is -2.87. The van der Waals surface area contributed by atoms with Crippen LogP contribution in [0.1, 0.15) is 30.8 Å². The summed E-state index contributed by atoms with van der Waals surface area (Å²) < 4.78 is 7.26. The first-order valence-corrected chi connectivity index (χ1v) is 12.8. The van der Waals surface area contributed by atoms with E-state index in [0.717, 1.165) is 48.5 Å². The molecule has 0 saturated heterocycles. The maximum atomic E-state index is 6.53. The molecule has 0 bridgehead atoms. The van der Waals surface area contributed by atoms with Crippen LogP contribution in [0.15, 0.2) is 75.8 Å². The number of hydrogen-bond donors (Lipinski definition) is 0. The third kappa shape index (κ3) is 5.27. The molecule has 0 aliphatic rings. The van der Waals surface area contributed by atoms with E-state index >= 15 is 0 Å². The van der Waals surface area contributed by atoms with E-state index in [9.17, 15) is 0 Å². The van der Waals surface area contributed by atoms with Crippen molar-refractivity contribution < 1.29 is 4.74 Å². The molecule has 3 aromatic heterocycles. The fourth-order valence-corrected chi connectivity index (χ4v) is 5.68. The van der Waals surface area contributed by atoms with Crippen molar-refractivity contribution in [3.05, 3.63) is 88.6 Å². The number of aryl methyl sites for hydroxylation is 2. The van der Waals surface area contributed by atoms with Crippen molar-refractivity contribution in [2.24, 2.45) is 0 Å². The second kappa shape index (κ2) is 10.6. The number of para-hydroxylation sites is 1. The number of pyridine rings is 2. The molecule has 3 heterocycles. The number of thiazole rings is 1. The molecule has 0 amide bonds. The van der Waals surface area contributed by atoms with E-state index in [0.29, 0.717) is 10.8 Å². The fraction of sp³-hybridized carbons (Fsp3) is 0.192. The van der Waals surface area contributed by atoms with Gasteiger partial charge < -0.3 is 9.64 Å². The van der Waals surface area contributed by atoms with Gasteiger partial charge in [0.2, 0.25) is 0 Å². The van der Waals surface area contributed by atoms with Crippen molar-refractivity contribution in [2.75, 3.05) is 4.90 Å². The van der Waals surface area contributed by atoms with E-state index in [4.69, 9.17) is 21.3 Å². The highest BCUT2D eigenvalue weighted by molar-refractivity contribution is 8.01. The Bertz CT molecular complexity index is 1380. The zero-order chi connectivity index (χ0) is 24.2. The first-order chi connectivity index (χ1) is 16.4. The highest BCUT2D eigenvalue weighted by Crippen LogP contribution is 2.37. The molecule has 0 unspecified atom stereocenters. The molecule has 174 valence electrons. The third-order valence-electron chi connectivity index (χ3n) is 5.01. The third-order valence-corrected chi connectivity index (χ3v) is 7.46. The second-order valence-electron chi connectivity index (χ2n) is 7.77. The number of fused-ring (bicyclic) bond motifs is 1. The Kier molecular flexibility index (Phi) is 7.56. The van der Waals surface area contributed by atoms with Gasteiger partial charge in [-0.15, -0.1) is 11.3 Å². The Balaban J connectivity index is 1.70. The molecule has 34 heavy (non-hydrogen) atoms. The molecule has 0 aliphatic heterocycles. The van der Waals surface area contributed by atoms with Crippen LogP contribution >= 0.6 is 34.7 Å². The van der Waals surface area contributed by atoms with Crippen molar-refractivity contribution in [3.8, 4) is 5.75 Å². The smallest absolute Gasteiger partial charge is 0.154 e. The number of rotatable bonds is 8. The maximum Gasteiger partial charge on any atom is 0.154 e. The fourth-order valence-electron chi connectivity index (χ4n) is 3.50. The quantitative estimate of drug-likeness (QED) is 0.240. The molecule has 0 aliphatic carbocycles. The zero-order valence-corrected chi connectivity index (χ0v) is 21.9. The minimum absolute atomic E-state index is 0.289. The molecule has 0 radical (unpaired) electrons. The number of hydrogen-bond acceptors (Lipinski definition) is 7. The number of benzene rings is 1. The summed E-state index contributed by atoms with van der Waals surface area (Å²) in [6, 6.07) is 8.03. The highest BCUT2D eigenvalue weighted by Gasteiger charge is 2.16. The predicted octanol–water partition coefficient (Wildman–Crippen LogP) is 7.96. The van der Waals surface area contributed by atoms with Gasteiger partial charge in [-0.05, 0) is 39.8 Å². The van der Waals surface area contributed by atoms with E-state index in [1.54, 1.807) is 35.5 Å². The summed E-state index contributed by atoms with van der Waals surface area (Å²) in [5, 5.41) is 3.57. The summed E-state index contributed by atoms with van der Waals surface area (Å²) >= 11 is 9.68. The standard InChI is InChI=1S/C26H25ClN4OS2/c1-6-10-31(16(2)3)22-11-17(4)29-25-19(22)8-7-9-23(25)32-14-20-21(27)12-28-13-24(20)34-26-30-18(5)15-33-26/h6-13,15H,2,14H2,1,3-5H3/b10-6-. The van der Waals surface area contributed by atoms with Crippen molar-refractivity contribution in [1.29, 1.82) is 0 Å². The van der Waals surface area contributed by atoms with Crippen LogP contribution in [0.3, 0.4) is 0 Å². The maximum absolute atomic E-state index is 6.53.